The fourth-order valence-corrected chi connectivity index (χ4v) is 2.65. The van der Waals surface area contributed by atoms with E-state index in [0.717, 1.165) is 5.56 Å². The predicted molar refractivity (Wildman–Crippen MR) is 68.6 cm³/mol. The zero-order chi connectivity index (χ0) is 13.3. The zero-order valence-corrected chi connectivity index (χ0v) is 10.8. The summed E-state index contributed by atoms with van der Waals surface area (Å²) in [5.41, 5.74) is 8.99. The van der Waals surface area contributed by atoms with E-state index in [9.17, 15) is 4.79 Å². The maximum atomic E-state index is 10.9. The second-order valence-electron chi connectivity index (χ2n) is 5.24. The van der Waals surface area contributed by atoms with Crippen LogP contribution < -0.4 is 5.73 Å². The van der Waals surface area contributed by atoms with Crippen LogP contribution in [0.5, 0.6) is 0 Å². The lowest BCUT2D eigenvalue weighted by Crippen LogP contribution is -2.52. The van der Waals surface area contributed by atoms with Gasteiger partial charge in [0.25, 0.3) is 0 Å². The maximum absolute atomic E-state index is 10.9. The van der Waals surface area contributed by atoms with Crippen molar-refractivity contribution in [2.24, 2.45) is 5.73 Å². The third kappa shape index (κ3) is 2.26. The van der Waals surface area contributed by atoms with Crippen LogP contribution in [0.2, 0.25) is 0 Å². The smallest absolute Gasteiger partial charge is 0.320 e. The Morgan fingerprint density at radius 2 is 2.17 bits per heavy atom. The second kappa shape index (κ2) is 4.71. The van der Waals surface area contributed by atoms with E-state index in [1.807, 2.05) is 6.92 Å². The molecule has 0 bridgehead atoms. The van der Waals surface area contributed by atoms with Crippen LogP contribution in [0.25, 0.3) is 0 Å². The molecule has 1 heterocycles. The number of nitrogens with two attached hydrogens (primary N) is 1. The van der Waals surface area contributed by atoms with Gasteiger partial charge < -0.3 is 15.6 Å². The molecule has 1 aliphatic heterocycles. The molecule has 1 atom stereocenters. The van der Waals surface area contributed by atoms with E-state index in [4.69, 9.17) is 15.6 Å². The summed E-state index contributed by atoms with van der Waals surface area (Å²) < 4.78 is 5.31. The molecule has 2 rings (SSSR count). The van der Waals surface area contributed by atoms with Gasteiger partial charge in [-0.25, -0.2) is 0 Å². The highest BCUT2D eigenvalue weighted by atomic mass is 16.5. The van der Waals surface area contributed by atoms with Crippen molar-refractivity contribution >= 4 is 5.97 Å². The highest BCUT2D eigenvalue weighted by molar-refractivity contribution is 5.73. The molecule has 0 spiro atoms. The molecule has 1 saturated heterocycles. The number of carboxylic acid groups (broad SMARTS) is 1. The number of rotatable bonds is 4. The van der Waals surface area contributed by atoms with Crippen LogP contribution in [-0.2, 0) is 14.9 Å². The van der Waals surface area contributed by atoms with Crippen molar-refractivity contribution in [3.05, 3.63) is 34.9 Å². The molecule has 0 aromatic heterocycles. The summed E-state index contributed by atoms with van der Waals surface area (Å²) in [5.74, 6) is -0.953. The fraction of sp³-hybridized carbons (Fsp3) is 0.500. The zero-order valence-electron chi connectivity index (χ0n) is 10.8. The molecule has 1 fully saturated rings. The first-order valence-corrected chi connectivity index (χ1v) is 6.08. The van der Waals surface area contributed by atoms with Gasteiger partial charge in [-0.2, -0.15) is 0 Å². The molecule has 1 aromatic rings. The molecule has 4 nitrogen and oxygen atoms in total. The third-order valence-corrected chi connectivity index (χ3v) is 3.64. The summed E-state index contributed by atoms with van der Waals surface area (Å²) in [6, 6.07) is 5.40. The highest BCUT2D eigenvalue weighted by Gasteiger charge is 2.43. The molecule has 1 unspecified atom stereocenters. The lowest BCUT2D eigenvalue weighted by molar-refractivity contribution is -0.141. The normalized spacial score (nSPS) is 19.1. The second-order valence-corrected chi connectivity index (χ2v) is 5.24. The summed E-state index contributed by atoms with van der Waals surface area (Å²) in [6.45, 7) is 5.20. The van der Waals surface area contributed by atoms with Gasteiger partial charge in [0.2, 0.25) is 0 Å². The van der Waals surface area contributed by atoms with Crippen LogP contribution in [0.4, 0.5) is 0 Å². The van der Waals surface area contributed by atoms with Gasteiger partial charge in [-0.15, -0.1) is 0 Å². The first-order valence-electron chi connectivity index (χ1n) is 6.08. The number of ether oxygens (including phenoxy) is 1. The molecule has 98 valence electrons. The Labute approximate surface area is 107 Å². The van der Waals surface area contributed by atoms with E-state index in [0.29, 0.717) is 19.6 Å². The van der Waals surface area contributed by atoms with E-state index in [1.165, 1.54) is 11.1 Å². The largest absolute Gasteiger partial charge is 0.480 e. The van der Waals surface area contributed by atoms with E-state index in [-0.39, 0.29) is 5.41 Å². The van der Waals surface area contributed by atoms with E-state index < -0.39 is 12.0 Å². The number of carboxylic acids is 1. The van der Waals surface area contributed by atoms with Gasteiger partial charge in [-0.1, -0.05) is 23.8 Å². The predicted octanol–water partition coefficient (Wildman–Crippen LogP) is 1.37. The van der Waals surface area contributed by atoms with Crippen LogP contribution in [0.15, 0.2) is 18.2 Å². The van der Waals surface area contributed by atoms with Crippen molar-refractivity contribution < 1.29 is 14.6 Å². The SMILES string of the molecule is Cc1ccc(C2(CC(N)C(=O)O)COC2)c(C)c1. The van der Waals surface area contributed by atoms with Crippen LogP contribution >= 0.6 is 0 Å². The molecule has 0 aliphatic carbocycles. The van der Waals surface area contributed by atoms with Crippen LogP contribution in [0, 0.1) is 13.8 Å². The van der Waals surface area contributed by atoms with E-state index in [1.54, 1.807) is 0 Å². The average molecular weight is 249 g/mol. The van der Waals surface area contributed by atoms with Crippen molar-refractivity contribution in [1.82, 2.24) is 0 Å². The highest BCUT2D eigenvalue weighted by Crippen LogP contribution is 2.38. The molecule has 1 aliphatic rings. The van der Waals surface area contributed by atoms with Crippen molar-refractivity contribution in [2.75, 3.05) is 13.2 Å². The van der Waals surface area contributed by atoms with Gasteiger partial charge >= 0.3 is 5.97 Å². The Kier molecular flexibility index (Phi) is 3.41. The first kappa shape index (κ1) is 13.1. The Bertz CT molecular complexity index is 466. The topological polar surface area (TPSA) is 72.6 Å². The average Bonchev–Trinajstić information content (AvgIpc) is 2.24. The molecule has 1 aromatic carbocycles. The van der Waals surface area contributed by atoms with Crippen LogP contribution in [-0.4, -0.2) is 30.3 Å². The van der Waals surface area contributed by atoms with Gasteiger partial charge in [-0.05, 0) is 31.4 Å². The number of aryl methyl sites for hydroxylation is 2. The molecule has 0 amide bonds. The Hall–Kier alpha value is -1.39. The minimum absolute atomic E-state index is 0.227. The maximum Gasteiger partial charge on any atom is 0.320 e. The number of hydrogen-bond donors (Lipinski definition) is 2. The summed E-state index contributed by atoms with van der Waals surface area (Å²) in [6.07, 6.45) is 0.423. The third-order valence-electron chi connectivity index (χ3n) is 3.64. The van der Waals surface area contributed by atoms with Crippen molar-refractivity contribution in [1.29, 1.82) is 0 Å². The van der Waals surface area contributed by atoms with Crippen molar-refractivity contribution in [3.8, 4) is 0 Å². The first-order chi connectivity index (χ1) is 8.44. The Morgan fingerprint density at radius 3 is 2.61 bits per heavy atom. The van der Waals surface area contributed by atoms with E-state index in [2.05, 4.69) is 25.1 Å². The molecule has 0 saturated carbocycles. The molecule has 3 N–H and O–H groups in total. The molecule has 18 heavy (non-hydrogen) atoms. The lowest BCUT2D eigenvalue weighted by atomic mass is 9.72. The molecular weight excluding hydrogens is 230 g/mol. The van der Waals surface area contributed by atoms with Crippen molar-refractivity contribution in [3.63, 3.8) is 0 Å². The number of carbonyl (C=O) groups is 1. The number of hydrogen-bond acceptors (Lipinski definition) is 3. The van der Waals surface area contributed by atoms with Crippen molar-refractivity contribution in [2.45, 2.75) is 31.7 Å². The fourth-order valence-electron chi connectivity index (χ4n) is 2.65. The Morgan fingerprint density at radius 1 is 1.50 bits per heavy atom. The van der Waals surface area contributed by atoms with Gasteiger partial charge in [0.15, 0.2) is 0 Å². The minimum Gasteiger partial charge on any atom is -0.480 e. The molecule has 4 heteroatoms. The van der Waals surface area contributed by atoms with Crippen LogP contribution in [0.1, 0.15) is 23.1 Å². The quantitative estimate of drug-likeness (QED) is 0.845. The number of benzene rings is 1. The summed E-state index contributed by atoms with van der Waals surface area (Å²) in [4.78, 5) is 10.9. The lowest BCUT2D eigenvalue weighted by Gasteiger charge is -2.43. The van der Waals surface area contributed by atoms with Gasteiger partial charge in [-0.3, -0.25) is 4.79 Å². The standard InChI is InChI=1S/C14H19NO3/c1-9-3-4-11(10(2)5-9)14(7-18-8-14)6-12(15)13(16)17/h3-5,12H,6-8,15H2,1-2H3,(H,16,17). The van der Waals surface area contributed by atoms with Gasteiger partial charge in [0.1, 0.15) is 6.04 Å². The summed E-state index contributed by atoms with van der Waals surface area (Å²) in [5, 5.41) is 8.96. The van der Waals surface area contributed by atoms with Crippen LogP contribution in [0.3, 0.4) is 0 Å². The van der Waals surface area contributed by atoms with Gasteiger partial charge in [0.05, 0.1) is 13.2 Å². The minimum atomic E-state index is -0.953. The summed E-state index contributed by atoms with van der Waals surface area (Å²) in [7, 11) is 0. The Balaban J connectivity index is 2.29. The van der Waals surface area contributed by atoms with E-state index >= 15 is 0 Å². The molecule has 0 radical (unpaired) electrons. The molecular formula is C14H19NO3. The summed E-state index contributed by atoms with van der Waals surface area (Å²) >= 11 is 0. The number of aliphatic carboxylic acids is 1. The monoisotopic (exact) mass is 249 g/mol. The van der Waals surface area contributed by atoms with Gasteiger partial charge in [0, 0.05) is 5.41 Å².